The molecule has 0 spiro atoms. The number of nitrogens with two attached hydrogens (primary N) is 1. The summed E-state index contributed by atoms with van der Waals surface area (Å²) in [5.74, 6) is 0.733. The summed E-state index contributed by atoms with van der Waals surface area (Å²) in [5.41, 5.74) is 6.55. The quantitative estimate of drug-likeness (QED) is 0.814. The number of amidine groups is 1. The number of rotatable bonds is 2. The van der Waals surface area contributed by atoms with Crippen LogP contribution in [0.3, 0.4) is 0 Å². The van der Waals surface area contributed by atoms with Gasteiger partial charge in [-0.2, -0.15) is 8.42 Å². The molecule has 1 aromatic rings. The van der Waals surface area contributed by atoms with Gasteiger partial charge in [-0.05, 0) is 43.4 Å². The number of likely N-dealkylation sites (tertiary alicyclic amines) is 2. The fourth-order valence-electron chi connectivity index (χ4n) is 4.29. The van der Waals surface area contributed by atoms with Crippen LogP contribution in [0, 0.1) is 11.3 Å². The molecule has 1 unspecified atom stereocenters. The van der Waals surface area contributed by atoms with E-state index < -0.39 is 10.0 Å². The Hall–Kier alpha value is -1.93. The van der Waals surface area contributed by atoms with E-state index in [1.165, 1.54) is 0 Å². The highest BCUT2D eigenvalue weighted by Gasteiger charge is 2.39. The Kier molecular flexibility index (Phi) is 4.50. The van der Waals surface area contributed by atoms with Gasteiger partial charge in [0, 0.05) is 37.7 Å². The first-order valence-corrected chi connectivity index (χ1v) is 11.0. The molecule has 0 bridgehead atoms. The second-order valence-corrected chi connectivity index (χ2v) is 9.74. The SMILES string of the molecule is CC1(CN)CCN(C(=O)C2CCN(C3=NS(=O)(=O)c4ccccc43)CC2)C1. The third-order valence-corrected chi connectivity index (χ3v) is 7.44. The zero-order valence-electron chi connectivity index (χ0n) is 15.6. The van der Waals surface area contributed by atoms with Crippen LogP contribution in [0.4, 0.5) is 0 Å². The Morgan fingerprint density at radius 3 is 2.63 bits per heavy atom. The van der Waals surface area contributed by atoms with Crippen LogP contribution in [0.1, 0.15) is 31.7 Å². The lowest BCUT2D eigenvalue weighted by molar-refractivity contribution is -0.136. The molecule has 146 valence electrons. The van der Waals surface area contributed by atoms with E-state index in [9.17, 15) is 13.2 Å². The summed E-state index contributed by atoms with van der Waals surface area (Å²) >= 11 is 0. The molecule has 1 amide bonds. The molecule has 27 heavy (non-hydrogen) atoms. The highest BCUT2D eigenvalue weighted by Crippen LogP contribution is 2.33. The van der Waals surface area contributed by atoms with Gasteiger partial charge in [0.2, 0.25) is 5.91 Å². The smallest absolute Gasteiger partial charge is 0.285 e. The molecule has 2 saturated heterocycles. The van der Waals surface area contributed by atoms with Crippen LogP contribution < -0.4 is 5.73 Å². The minimum atomic E-state index is -3.60. The molecule has 0 radical (unpaired) electrons. The van der Waals surface area contributed by atoms with Crippen LogP contribution in [-0.2, 0) is 14.8 Å². The zero-order chi connectivity index (χ0) is 19.2. The Balaban J connectivity index is 1.42. The Morgan fingerprint density at radius 2 is 1.96 bits per heavy atom. The fraction of sp³-hybridized carbons (Fsp3) is 0.579. The van der Waals surface area contributed by atoms with Crippen molar-refractivity contribution in [3.05, 3.63) is 29.8 Å². The normalized spacial score (nSPS) is 27.6. The summed E-state index contributed by atoms with van der Waals surface area (Å²) in [6, 6.07) is 6.94. The summed E-state index contributed by atoms with van der Waals surface area (Å²) in [4.78, 5) is 17.1. The number of nitrogens with zero attached hydrogens (tertiary/aromatic N) is 3. The maximum Gasteiger partial charge on any atom is 0.285 e. The Labute approximate surface area is 160 Å². The summed E-state index contributed by atoms with van der Waals surface area (Å²) in [5, 5.41) is 0. The molecule has 1 atom stereocenters. The van der Waals surface area contributed by atoms with Crippen molar-refractivity contribution in [2.24, 2.45) is 21.5 Å². The van der Waals surface area contributed by atoms with Gasteiger partial charge >= 0.3 is 0 Å². The molecule has 1 aromatic carbocycles. The number of carbonyl (C=O) groups excluding carboxylic acids is 1. The average Bonchev–Trinajstić information content (AvgIpc) is 3.20. The van der Waals surface area contributed by atoms with E-state index >= 15 is 0 Å². The number of sulfonamides is 1. The molecule has 2 N–H and O–H groups in total. The van der Waals surface area contributed by atoms with Crippen molar-refractivity contribution in [1.82, 2.24) is 9.80 Å². The number of hydrogen-bond donors (Lipinski definition) is 1. The van der Waals surface area contributed by atoms with E-state index in [1.54, 1.807) is 18.2 Å². The van der Waals surface area contributed by atoms with Gasteiger partial charge in [-0.1, -0.05) is 19.1 Å². The molecule has 0 saturated carbocycles. The first-order valence-electron chi connectivity index (χ1n) is 9.51. The van der Waals surface area contributed by atoms with Gasteiger partial charge < -0.3 is 15.5 Å². The van der Waals surface area contributed by atoms with Crippen molar-refractivity contribution in [2.75, 3.05) is 32.7 Å². The topological polar surface area (TPSA) is 96.1 Å². The van der Waals surface area contributed by atoms with Gasteiger partial charge in [-0.15, -0.1) is 4.40 Å². The molecule has 4 rings (SSSR count). The van der Waals surface area contributed by atoms with Gasteiger partial charge in [-0.3, -0.25) is 4.79 Å². The van der Waals surface area contributed by atoms with E-state index in [0.29, 0.717) is 31.0 Å². The number of carbonyl (C=O) groups is 1. The molecule has 7 nitrogen and oxygen atoms in total. The molecule has 3 aliphatic heterocycles. The van der Waals surface area contributed by atoms with E-state index in [1.807, 2.05) is 15.9 Å². The number of piperidine rings is 1. The summed E-state index contributed by atoms with van der Waals surface area (Å²) in [6.07, 6.45) is 2.39. The van der Waals surface area contributed by atoms with Crippen LogP contribution in [0.2, 0.25) is 0 Å². The number of amides is 1. The second-order valence-electron chi connectivity index (χ2n) is 8.17. The maximum absolute atomic E-state index is 12.9. The van der Waals surface area contributed by atoms with Crippen molar-refractivity contribution < 1.29 is 13.2 Å². The van der Waals surface area contributed by atoms with Gasteiger partial charge in [0.15, 0.2) is 5.84 Å². The predicted octanol–water partition coefficient (Wildman–Crippen LogP) is 1.04. The number of benzene rings is 1. The third-order valence-electron chi connectivity index (χ3n) is 6.12. The van der Waals surface area contributed by atoms with Crippen LogP contribution in [0.5, 0.6) is 0 Å². The zero-order valence-corrected chi connectivity index (χ0v) is 16.4. The minimum absolute atomic E-state index is 0.00442. The molecular formula is C19H26N4O3S. The van der Waals surface area contributed by atoms with Crippen molar-refractivity contribution in [2.45, 2.75) is 31.1 Å². The standard InChI is InChI=1S/C19H26N4O3S/c1-19(12-20)8-11-23(13-19)18(24)14-6-9-22(10-7-14)17-15-4-2-3-5-16(15)27(25,26)21-17/h2-5,14H,6-13,20H2,1H3. The first kappa shape index (κ1) is 18.4. The van der Waals surface area contributed by atoms with Gasteiger partial charge in [0.1, 0.15) is 4.90 Å². The Morgan fingerprint density at radius 1 is 1.26 bits per heavy atom. The largest absolute Gasteiger partial charge is 0.355 e. The van der Waals surface area contributed by atoms with Crippen molar-refractivity contribution in [3.8, 4) is 0 Å². The Bertz CT molecular complexity index is 890. The molecule has 3 aliphatic rings. The first-order chi connectivity index (χ1) is 12.8. The van der Waals surface area contributed by atoms with E-state index in [4.69, 9.17) is 5.73 Å². The van der Waals surface area contributed by atoms with Gasteiger partial charge in [0.05, 0.1) is 0 Å². The lowest BCUT2D eigenvalue weighted by Crippen LogP contribution is -2.44. The summed E-state index contributed by atoms with van der Waals surface area (Å²) in [6.45, 7) is 5.54. The molecular weight excluding hydrogens is 364 g/mol. The van der Waals surface area contributed by atoms with Crippen molar-refractivity contribution >= 4 is 21.8 Å². The fourth-order valence-corrected chi connectivity index (χ4v) is 5.52. The van der Waals surface area contributed by atoms with Crippen LogP contribution >= 0.6 is 0 Å². The third kappa shape index (κ3) is 3.25. The highest BCUT2D eigenvalue weighted by molar-refractivity contribution is 7.90. The van der Waals surface area contributed by atoms with E-state index in [2.05, 4.69) is 11.3 Å². The summed E-state index contributed by atoms with van der Waals surface area (Å²) in [7, 11) is -3.60. The van der Waals surface area contributed by atoms with Crippen LogP contribution in [-0.4, -0.2) is 62.7 Å². The maximum atomic E-state index is 12.9. The number of hydrogen-bond acceptors (Lipinski definition) is 5. The molecule has 3 heterocycles. The van der Waals surface area contributed by atoms with Crippen LogP contribution in [0.25, 0.3) is 0 Å². The second kappa shape index (κ2) is 6.60. The van der Waals surface area contributed by atoms with Crippen LogP contribution in [0.15, 0.2) is 33.6 Å². The van der Waals surface area contributed by atoms with E-state index in [0.717, 1.165) is 32.4 Å². The average molecular weight is 391 g/mol. The molecule has 8 heteroatoms. The lowest BCUT2D eigenvalue weighted by Gasteiger charge is -2.34. The molecule has 0 aromatic heterocycles. The predicted molar refractivity (Wildman–Crippen MR) is 103 cm³/mol. The van der Waals surface area contributed by atoms with Gasteiger partial charge in [-0.25, -0.2) is 0 Å². The highest BCUT2D eigenvalue weighted by atomic mass is 32.2. The van der Waals surface area contributed by atoms with Crippen molar-refractivity contribution in [3.63, 3.8) is 0 Å². The van der Waals surface area contributed by atoms with Crippen molar-refractivity contribution in [1.29, 1.82) is 0 Å². The lowest BCUT2D eigenvalue weighted by atomic mass is 9.90. The monoisotopic (exact) mass is 390 g/mol. The summed E-state index contributed by atoms with van der Waals surface area (Å²) < 4.78 is 28.5. The molecule has 2 fully saturated rings. The number of fused-ring (bicyclic) bond motifs is 1. The molecule has 0 aliphatic carbocycles. The minimum Gasteiger partial charge on any atom is -0.355 e. The van der Waals surface area contributed by atoms with Gasteiger partial charge in [0.25, 0.3) is 10.0 Å². The van der Waals surface area contributed by atoms with E-state index in [-0.39, 0.29) is 22.1 Å².